The van der Waals surface area contributed by atoms with Crippen LogP contribution in [0.25, 0.3) is 5.57 Å². The van der Waals surface area contributed by atoms with Crippen molar-refractivity contribution in [1.29, 1.82) is 0 Å². The highest BCUT2D eigenvalue weighted by Crippen LogP contribution is 2.23. The van der Waals surface area contributed by atoms with Crippen LogP contribution in [0.15, 0.2) is 54.7 Å². The molecule has 0 spiro atoms. The normalized spacial score (nSPS) is 15.3. The van der Waals surface area contributed by atoms with Gasteiger partial charge in [0.1, 0.15) is 0 Å². The van der Waals surface area contributed by atoms with Crippen molar-refractivity contribution < 1.29 is 18.0 Å². The second kappa shape index (κ2) is 7.01. The molecule has 0 aromatic heterocycles. The van der Waals surface area contributed by atoms with Crippen LogP contribution in [0.4, 0.5) is 5.69 Å². The Labute approximate surface area is 151 Å². The number of fused-ring (bicyclic) bond motifs is 1. The molecule has 1 aliphatic heterocycles. The molecule has 7 nitrogen and oxygen atoms in total. The fourth-order valence-corrected chi connectivity index (χ4v) is 3.20. The number of carbonyl (C=O) groups is 2. The molecular weight excluding hydrogens is 354 g/mol. The molecule has 0 saturated heterocycles. The first-order valence-electron chi connectivity index (χ1n) is 7.79. The van der Waals surface area contributed by atoms with Crippen molar-refractivity contribution in [3.05, 3.63) is 71.4 Å². The quantitative estimate of drug-likeness (QED) is 0.545. The van der Waals surface area contributed by atoms with Crippen molar-refractivity contribution in [2.75, 3.05) is 11.0 Å². The Kier molecular flexibility index (Phi) is 4.77. The third kappa shape index (κ3) is 4.09. The fourth-order valence-electron chi connectivity index (χ4n) is 2.65. The first-order valence-corrected chi connectivity index (χ1v) is 9.68. The molecule has 0 radical (unpaired) electrons. The second-order valence-corrected chi connectivity index (χ2v) is 7.59. The van der Waals surface area contributed by atoms with E-state index in [9.17, 15) is 18.0 Å². The number of anilines is 1. The molecule has 1 heterocycles. The highest BCUT2D eigenvalue weighted by Gasteiger charge is 2.26. The Bertz CT molecular complexity index is 1010. The van der Waals surface area contributed by atoms with E-state index in [0.29, 0.717) is 28.9 Å². The van der Waals surface area contributed by atoms with Crippen LogP contribution in [-0.2, 0) is 21.4 Å². The van der Waals surface area contributed by atoms with Gasteiger partial charge in [0.15, 0.2) is 0 Å². The third-order valence-electron chi connectivity index (χ3n) is 3.72. The molecule has 26 heavy (non-hydrogen) atoms. The summed E-state index contributed by atoms with van der Waals surface area (Å²) in [5.41, 5.74) is 2.67. The molecule has 2 amide bonds. The van der Waals surface area contributed by atoms with Gasteiger partial charge >= 0.3 is 0 Å². The third-order valence-corrected chi connectivity index (χ3v) is 4.32. The van der Waals surface area contributed by atoms with Crippen LogP contribution in [-0.4, -0.2) is 26.5 Å². The standard InChI is InChI=1S/C18H17N3O4S/c1-26(24,25)21-13-6-4-5-12(9-13)10-19-11-16-14-7-2-3-8-15(14)17(22)20-18(16)23/h2-9,11,19,21H,10H2,1H3,(H,20,22,23). The first-order chi connectivity index (χ1) is 12.3. The molecule has 0 aliphatic carbocycles. The summed E-state index contributed by atoms with van der Waals surface area (Å²) in [6.07, 6.45) is 2.64. The summed E-state index contributed by atoms with van der Waals surface area (Å²) in [5.74, 6) is -0.879. The molecule has 3 rings (SSSR count). The van der Waals surface area contributed by atoms with Gasteiger partial charge in [-0.2, -0.15) is 0 Å². The minimum atomic E-state index is -3.34. The lowest BCUT2D eigenvalue weighted by Crippen LogP contribution is -2.36. The molecule has 2 aromatic rings. The van der Waals surface area contributed by atoms with Gasteiger partial charge in [-0.15, -0.1) is 0 Å². The number of amides is 2. The molecule has 0 unspecified atom stereocenters. The maximum Gasteiger partial charge on any atom is 0.260 e. The van der Waals surface area contributed by atoms with E-state index >= 15 is 0 Å². The predicted molar refractivity (Wildman–Crippen MR) is 98.6 cm³/mol. The minimum absolute atomic E-state index is 0.366. The van der Waals surface area contributed by atoms with Gasteiger partial charge < -0.3 is 5.32 Å². The van der Waals surface area contributed by atoms with Crippen molar-refractivity contribution in [2.24, 2.45) is 0 Å². The first kappa shape index (κ1) is 17.7. The molecule has 0 saturated carbocycles. The predicted octanol–water partition coefficient (Wildman–Crippen LogP) is 1.46. The van der Waals surface area contributed by atoms with Gasteiger partial charge in [-0.05, 0) is 23.8 Å². The van der Waals surface area contributed by atoms with E-state index in [1.54, 1.807) is 48.7 Å². The van der Waals surface area contributed by atoms with Gasteiger partial charge in [0.25, 0.3) is 11.8 Å². The van der Waals surface area contributed by atoms with Crippen molar-refractivity contribution >= 4 is 33.1 Å². The lowest BCUT2D eigenvalue weighted by molar-refractivity contribution is -0.114. The molecule has 1 aliphatic rings. The Morgan fingerprint density at radius 3 is 2.46 bits per heavy atom. The number of nitrogens with one attached hydrogen (secondary N) is 3. The molecule has 0 fully saturated rings. The summed E-state index contributed by atoms with van der Waals surface area (Å²) in [7, 11) is -3.34. The molecule has 0 atom stereocenters. The van der Waals surface area contributed by atoms with Gasteiger partial charge in [-0.25, -0.2) is 8.42 Å². The molecule has 0 bridgehead atoms. The molecular formula is C18H17N3O4S. The van der Waals surface area contributed by atoms with Crippen LogP contribution in [0.3, 0.4) is 0 Å². The van der Waals surface area contributed by atoms with E-state index in [1.807, 2.05) is 6.07 Å². The molecule has 3 N–H and O–H groups in total. The van der Waals surface area contributed by atoms with Crippen LogP contribution >= 0.6 is 0 Å². The lowest BCUT2D eigenvalue weighted by atomic mass is 9.96. The summed E-state index contributed by atoms with van der Waals surface area (Å²) >= 11 is 0. The Balaban J connectivity index is 1.77. The number of rotatable bonds is 5. The highest BCUT2D eigenvalue weighted by atomic mass is 32.2. The molecule has 2 aromatic carbocycles. The number of sulfonamides is 1. The minimum Gasteiger partial charge on any atom is -0.386 e. The number of hydrogen-bond acceptors (Lipinski definition) is 5. The highest BCUT2D eigenvalue weighted by molar-refractivity contribution is 7.92. The summed E-state index contributed by atoms with van der Waals surface area (Å²) in [5, 5.41) is 5.34. The number of carbonyl (C=O) groups excluding carboxylic acids is 2. The van der Waals surface area contributed by atoms with E-state index < -0.39 is 21.8 Å². The fraction of sp³-hybridized carbons (Fsp3) is 0.111. The number of hydrogen-bond donors (Lipinski definition) is 3. The van der Waals surface area contributed by atoms with Crippen molar-refractivity contribution in [1.82, 2.24) is 10.6 Å². The maximum absolute atomic E-state index is 12.1. The van der Waals surface area contributed by atoms with Crippen molar-refractivity contribution in [3.8, 4) is 0 Å². The summed E-state index contributed by atoms with van der Waals surface area (Å²) < 4.78 is 25.0. The van der Waals surface area contributed by atoms with Gasteiger partial charge in [0.05, 0.1) is 11.8 Å². The lowest BCUT2D eigenvalue weighted by Gasteiger charge is -2.18. The maximum atomic E-state index is 12.1. The Morgan fingerprint density at radius 2 is 1.73 bits per heavy atom. The second-order valence-electron chi connectivity index (χ2n) is 5.84. The van der Waals surface area contributed by atoms with E-state index in [1.165, 1.54) is 0 Å². The van der Waals surface area contributed by atoms with Crippen molar-refractivity contribution in [2.45, 2.75) is 6.54 Å². The largest absolute Gasteiger partial charge is 0.386 e. The van der Waals surface area contributed by atoms with E-state index in [-0.39, 0.29) is 0 Å². The van der Waals surface area contributed by atoms with Crippen LogP contribution in [0.5, 0.6) is 0 Å². The topological polar surface area (TPSA) is 104 Å². The monoisotopic (exact) mass is 371 g/mol. The van der Waals surface area contributed by atoms with E-state index in [0.717, 1.165) is 11.8 Å². The Hall–Kier alpha value is -3.13. The van der Waals surface area contributed by atoms with E-state index in [2.05, 4.69) is 15.4 Å². The average Bonchev–Trinajstić information content (AvgIpc) is 2.57. The molecule has 134 valence electrons. The van der Waals surface area contributed by atoms with Gasteiger partial charge in [0.2, 0.25) is 10.0 Å². The van der Waals surface area contributed by atoms with Crippen LogP contribution < -0.4 is 15.4 Å². The zero-order chi connectivity index (χ0) is 18.7. The zero-order valence-corrected chi connectivity index (χ0v) is 14.8. The zero-order valence-electron chi connectivity index (χ0n) is 13.9. The summed E-state index contributed by atoms with van der Waals surface area (Å²) in [6.45, 7) is 0.381. The van der Waals surface area contributed by atoms with E-state index in [4.69, 9.17) is 0 Å². The van der Waals surface area contributed by atoms with Crippen LogP contribution in [0.2, 0.25) is 0 Å². The Morgan fingerprint density at radius 1 is 1.00 bits per heavy atom. The summed E-state index contributed by atoms with van der Waals surface area (Å²) in [4.78, 5) is 24.0. The number of benzene rings is 2. The van der Waals surface area contributed by atoms with Gasteiger partial charge in [0, 0.05) is 29.6 Å². The van der Waals surface area contributed by atoms with Gasteiger partial charge in [-0.1, -0.05) is 30.3 Å². The van der Waals surface area contributed by atoms with Crippen LogP contribution in [0.1, 0.15) is 21.5 Å². The van der Waals surface area contributed by atoms with Crippen molar-refractivity contribution in [3.63, 3.8) is 0 Å². The number of imide groups is 1. The SMILES string of the molecule is CS(=O)(=O)Nc1cccc(CNC=C2C(=O)NC(=O)c3ccccc32)c1. The average molecular weight is 371 g/mol. The smallest absolute Gasteiger partial charge is 0.260 e. The van der Waals surface area contributed by atoms with Crippen LogP contribution in [0, 0.1) is 0 Å². The van der Waals surface area contributed by atoms with Gasteiger partial charge in [-0.3, -0.25) is 19.6 Å². The summed E-state index contributed by atoms with van der Waals surface area (Å²) in [6, 6.07) is 13.8. The molecule has 8 heteroatoms.